The van der Waals surface area contributed by atoms with E-state index in [-0.39, 0.29) is 16.9 Å². The van der Waals surface area contributed by atoms with Crippen molar-refractivity contribution in [3.63, 3.8) is 0 Å². The van der Waals surface area contributed by atoms with Crippen molar-refractivity contribution in [2.75, 3.05) is 0 Å². The summed E-state index contributed by atoms with van der Waals surface area (Å²) >= 11 is 0. The summed E-state index contributed by atoms with van der Waals surface area (Å²) in [4.78, 5) is 12.6. The number of rotatable bonds is 4. The molecule has 0 radical (unpaired) electrons. The number of aliphatic hydroxyl groups is 1. The van der Waals surface area contributed by atoms with Gasteiger partial charge in [0.25, 0.3) is 0 Å². The minimum atomic E-state index is -0.504. The van der Waals surface area contributed by atoms with E-state index >= 15 is 0 Å². The van der Waals surface area contributed by atoms with Crippen LogP contribution in [-0.2, 0) is 9.78 Å². The first-order valence-electron chi connectivity index (χ1n) is 12.4. The van der Waals surface area contributed by atoms with Gasteiger partial charge in [-0.05, 0) is 73.0 Å². The van der Waals surface area contributed by atoms with Crippen molar-refractivity contribution < 1.29 is 14.9 Å². The lowest BCUT2D eigenvalue weighted by atomic mass is 9.47. The second-order valence-corrected chi connectivity index (χ2v) is 11.6. The van der Waals surface area contributed by atoms with Crippen molar-refractivity contribution in [3.8, 4) is 0 Å². The molecule has 2 aliphatic heterocycles. The van der Waals surface area contributed by atoms with Gasteiger partial charge in [-0.3, -0.25) is 0 Å². The molecule has 1 N–H and O–H groups in total. The lowest BCUT2D eigenvalue weighted by Crippen LogP contribution is -2.69. The van der Waals surface area contributed by atoms with Gasteiger partial charge in [-0.15, -0.1) is 0 Å². The molecule has 30 heavy (non-hydrogen) atoms. The number of hydrogen-bond donors (Lipinski definition) is 1. The smallest absolute Gasteiger partial charge is 0.147 e. The Bertz CT molecular complexity index is 798. The predicted molar refractivity (Wildman–Crippen MR) is 120 cm³/mol. The fraction of sp³-hybridized carbons (Fsp3) is 0.778. The third kappa shape index (κ3) is 2.55. The third-order valence-electron chi connectivity index (χ3n) is 10.1. The summed E-state index contributed by atoms with van der Waals surface area (Å²) in [6.07, 6.45) is 19.0. The Morgan fingerprint density at radius 2 is 1.93 bits per heavy atom. The molecule has 4 aliphatic carbocycles. The van der Waals surface area contributed by atoms with E-state index in [0.29, 0.717) is 30.1 Å². The van der Waals surface area contributed by atoms with Gasteiger partial charge < -0.3 is 5.11 Å². The van der Waals surface area contributed by atoms with Gasteiger partial charge in [-0.2, -0.15) is 0 Å². The van der Waals surface area contributed by atoms with Gasteiger partial charge in [0.1, 0.15) is 11.2 Å². The van der Waals surface area contributed by atoms with Gasteiger partial charge in [-0.25, -0.2) is 9.78 Å². The van der Waals surface area contributed by atoms with E-state index in [1.165, 1.54) is 24.8 Å². The molecular weight excluding hydrogens is 372 g/mol. The highest BCUT2D eigenvalue weighted by atomic mass is 17.2. The summed E-state index contributed by atoms with van der Waals surface area (Å²) in [6, 6.07) is 0. The van der Waals surface area contributed by atoms with Crippen LogP contribution in [-0.4, -0.2) is 22.4 Å². The normalized spacial score (nSPS) is 51.3. The maximum Gasteiger partial charge on any atom is 0.147 e. The van der Waals surface area contributed by atoms with Gasteiger partial charge in [0.05, 0.1) is 6.10 Å². The molecule has 9 atom stereocenters. The Hall–Kier alpha value is -0.900. The Morgan fingerprint density at radius 1 is 1.13 bits per heavy atom. The molecule has 1 unspecified atom stereocenters. The summed E-state index contributed by atoms with van der Waals surface area (Å²) in [5.41, 5.74) is 0.678. The van der Waals surface area contributed by atoms with Crippen LogP contribution in [0.1, 0.15) is 79.6 Å². The minimum Gasteiger partial charge on any atom is -0.393 e. The van der Waals surface area contributed by atoms with Crippen molar-refractivity contribution in [2.45, 2.75) is 96.9 Å². The fourth-order valence-corrected chi connectivity index (χ4v) is 7.94. The molecule has 1 saturated heterocycles. The number of allylic oxidation sites excluding steroid dienone is 3. The summed E-state index contributed by atoms with van der Waals surface area (Å²) < 4.78 is 0. The number of aliphatic hydroxyl groups excluding tert-OH is 1. The van der Waals surface area contributed by atoms with Crippen LogP contribution in [0.3, 0.4) is 0 Å². The zero-order valence-corrected chi connectivity index (χ0v) is 19.5. The SMILES string of the molecule is CC[C@@H](C)/C=C/[C@H](C)[C@H]1CC[C@H]2C34C=C[C@]5(C[C@@H](O)CC[C@]5(C)C3=CC[C@]12C)OO4. The second-order valence-electron chi connectivity index (χ2n) is 11.6. The van der Waals surface area contributed by atoms with E-state index in [0.717, 1.165) is 19.3 Å². The molecule has 0 aromatic heterocycles. The van der Waals surface area contributed by atoms with Crippen molar-refractivity contribution in [3.05, 3.63) is 36.0 Å². The van der Waals surface area contributed by atoms with Crippen LogP contribution in [0.15, 0.2) is 36.0 Å². The first-order chi connectivity index (χ1) is 14.2. The molecule has 3 nitrogen and oxygen atoms in total. The Morgan fingerprint density at radius 3 is 2.63 bits per heavy atom. The monoisotopic (exact) mass is 412 g/mol. The Kier molecular flexibility index (Phi) is 4.75. The topological polar surface area (TPSA) is 38.7 Å². The summed E-state index contributed by atoms with van der Waals surface area (Å²) in [5.74, 6) is 2.35. The summed E-state index contributed by atoms with van der Waals surface area (Å²) in [5, 5.41) is 10.4. The molecule has 166 valence electrons. The molecule has 2 saturated carbocycles. The predicted octanol–water partition coefficient (Wildman–Crippen LogP) is 6.15. The van der Waals surface area contributed by atoms with Gasteiger partial charge in [0.15, 0.2) is 0 Å². The molecule has 6 rings (SSSR count). The lowest BCUT2D eigenvalue weighted by Gasteiger charge is -2.66. The van der Waals surface area contributed by atoms with E-state index in [1.54, 1.807) is 0 Å². The maximum absolute atomic E-state index is 10.4. The molecule has 2 spiro atoms. The Balaban J connectivity index is 1.50. The van der Waals surface area contributed by atoms with Crippen LogP contribution in [0.2, 0.25) is 0 Å². The molecule has 0 amide bonds. The van der Waals surface area contributed by atoms with E-state index in [4.69, 9.17) is 9.78 Å². The van der Waals surface area contributed by atoms with Gasteiger partial charge in [-0.1, -0.05) is 59.3 Å². The Labute approximate surface area is 182 Å². The lowest BCUT2D eigenvalue weighted by molar-refractivity contribution is -0.455. The van der Waals surface area contributed by atoms with Crippen LogP contribution >= 0.6 is 0 Å². The third-order valence-corrected chi connectivity index (χ3v) is 10.1. The van der Waals surface area contributed by atoms with Crippen LogP contribution in [0.5, 0.6) is 0 Å². The van der Waals surface area contributed by atoms with E-state index in [9.17, 15) is 5.11 Å². The van der Waals surface area contributed by atoms with Gasteiger partial charge in [0.2, 0.25) is 0 Å². The second kappa shape index (κ2) is 6.80. The van der Waals surface area contributed by atoms with Crippen LogP contribution < -0.4 is 0 Å². The van der Waals surface area contributed by atoms with Gasteiger partial charge >= 0.3 is 0 Å². The largest absolute Gasteiger partial charge is 0.393 e. The molecule has 3 fully saturated rings. The van der Waals surface area contributed by atoms with E-state index in [1.807, 2.05) is 0 Å². The first-order valence-corrected chi connectivity index (χ1v) is 12.4. The molecule has 6 aliphatic rings. The number of fused-ring (bicyclic) bond motifs is 2. The fourth-order valence-electron chi connectivity index (χ4n) is 7.94. The van der Waals surface area contributed by atoms with E-state index in [2.05, 4.69) is 65.0 Å². The van der Waals surface area contributed by atoms with E-state index < -0.39 is 11.2 Å². The molecular formula is C27H40O3. The summed E-state index contributed by atoms with van der Waals surface area (Å²) in [6.45, 7) is 11.9. The molecule has 2 heterocycles. The average Bonchev–Trinajstić information content (AvgIpc) is 3.09. The molecule has 3 heteroatoms. The molecule has 0 aromatic carbocycles. The minimum absolute atomic E-state index is 0.0687. The standard InChI is InChI=1S/C27H40O3/c1-6-18(2)7-8-19(3)21-9-10-22-24(21,4)13-12-23-25(5)14-11-20(28)17-26(25)15-16-27(22,23)30-29-26/h7-8,12,15-16,18-22,28H,6,9-11,13-14,17H2,1-5H3/b8-7+/t18-,19+,20+,21-,22-,24-,25-,26-,27?/m1/s1. The van der Waals surface area contributed by atoms with Crippen molar-refractivity contribution in [2.24, 2.45) is 34.5 Å². The number of hydrogen-bond acceptors (Lipinski definition) is 3. The maximum atomic E-state index is 10.4. The van der Waals surface area contributed by atoms with Gasteiger partial charge in [0, 0.05) is 17.8 Å². The zero-order chi connectivity index (χ0) is 21.4. The quantitative estimate of drug-likeness (QED) is 0.445. The van der Waals surface area contributed by atoms with Crippen LogP contribution in [0.25, 0.3) is 0 Å². The molecule has 2 bridgehead atoms. The van der Waals surface area contributed by atoms with Crippen LogP contribution in [0, 0.1) is 34.5 Å². The highest BCUT2D eigenvalue weighted by Crippen LogP contribution is 2.71. The summed E-state index contributed by atoms with van der Waals surface area (Å²) in [7, 11) is 0. The van der Waals surface area contributed by atoms with Crippen molar-refractivity contribution >= 4 is 0 Å². The average molecular weight is 413 g/mol. The first kappa shape index (κ1) is 21.0. The highest BCUT2D eigenvalue weighted by Gasteiger charge is 2.71. The van der Waals surface area contributed by atoms with Crippen molar-refractivity contribution in [1.29, 1.82) is 0 Å². The van der Waals surface area contributed by atoms with Crippen LogP contribution in [0.4, 0.5) is 0 Å². The highest BCUT2D eigenvalue weighted by molar-refractivity contribution is 5.48. The zero-order valence-electron chi connectivity index (χ0n) is 19.5. The van der Waals surface area contributed by atoms with Crippen molar-refractivity contribution in [1.82, 2.24) is 0 Å². The molecule has 0 aromatic rings.